The summed E-state index contributed by atoms with van der Waals surface area (Å²) >= 11 is 3.42. The van der Waals surface area contributed by atoms with Gasteiger partial charge in [0.15, 0.2) is 0 Å². The number of aliphatic hydroxyl groups excluding tert-OH is 1. The van der Waals surface area contributed by atoms with Crippen LogP contribution in [0.2, 0.25) is 0 Å². The Hall–Kier alpha value is -2.82. The molecule has 3 aromatic rings. The van der Waals surface area contributed by atoms with Gasteiger partial charge in [-0.05, 0) is 54.4 Å². The molecule has 2 aromatic carbocycles. The number of pyridine rings is 1. The molecule has 6 nitrogen and oxygen atoms in total. The van der Waals surface area contributed by atoms with E-state index in [1.54, 1.807) is 36.3 Å². The van der Waals surface area contributed by atoms with Crippen molar-refractivity contribution < 1.29 is 23.0 Å². The molecule has 3 rings (SSSR count). The molecule has 0 radical (unpaired) electrons. The van der Waals surface area contributed by atoms with Crippen LogP contribution in [0.5, 0.6) is 5.75 Å². The van der Waals surface area contributed by atoms with Gasteiger partial charge in [-0.25, -0.2) is 4.98 Å². The van der Waals surface area contributed by atoms with E-state index in [0.717, 1.165) is 15.6 Å². The molecule has 2 atom stereocenters. The van der Waals surface area contributed by atoms with Crippen molar-refractivity contribution in [3.63, 3.8) is 0 Å². The van der Waals surface area contributed by atoms with Crippen LogP contribution in [0.4, 0.5) is 24.7 Å². The molecule has 0 aliphatic rings. The molecule has 182 valence electrons. The number of halogens is 4. The minimum Gasteiger partial charge on any atom is -0.406 e. The minimum atomic E-state index is -4.72. The fraction of sp³-hybridized carbons (Fsp3) is 0.292. The smallest absolute Gasteiger partial charge is 0.406 e. The molecule has 0 fully saturated rings. The molecule has 0 aliphatic heterocycles. The summed E-state index contributed by atoms with van der Waals surface area (Å²) in [5, 5.41) is 17.2. The number of alkyl halides is 3. The van der Waals surface area contributed by atoms with E-state index in [1.165, 1.54) is 12.1 Å². The van der Waals surface area contributed by atoms with Gasteiger partial charge < -0.3 is 25.4 Å². The Labute approximate surface area is 204 Å². The van der Waals surface area contributed by atoms with Gasteiger partial charge in [-0.3, -0.25) is 0 Å². The van der Waals surface area contributed by atoms with Gasteiger partial charge in [0.25, 0.3) is 0 Å². The van der Waals surface area contributed by atoms with E-state index in [2.05, 4.69) is 36.3 Å². The Morgan fingerprint density at radius 3 is 2.41 bits per heavy atom. The van der Waals surface area contributed by atoms with Crippen molar-refractivity contribution in [2.24, 2.45) is 0 Å². The van der Waals surface area contributed by atoms with E-state index < -0.39 is 12.6 Å². The number of hydrogen-bond acceptors (Lipinski definition) is 6. The lowest BCUT2D eigenvalue weighted by Crippen LogP contribution is -2.41. The summed E-state index contributed by atoms with van der Waals surface area (Å²) in [6.45, 7) is 2.68. The zero-order valence-corrected chi connectivity index (χ0v) is 20.3. The molecule has 0 amide bonds. The number of rotatable bonds is 10. The molecule has 10 heteroatoms. The maximum atomic E-state index is 12.3. The van der Waals surface area contributed by atoms with E-state index in [0.29, 0.717) is 24.6 Å². The van der Waals surface area contributed by atoms with Crippen molar-refractivity contribution in [1.29, 1.82) is 0 Å². The first-order valence-corrected chi connectivity index (χ1v) is 11.3. The third-order valence-corrected chi connectivity index (χ3v) is 5.74. The Balaban J connectivity index is 1.58. The lowest BCUT2D eigenvalue weighted by Gasteiger charge is -2.28. The average Bonchev–Trinajstić information content (AvgIpc) is 2.81. The molecular weight excluding hydrogens is 513 g/mol. The summed E-state index contributed by atoms with van der Waals surface area (Å²) in [5.41, 5.74) is 2.54. The van der Waals surface area contributed by atoms with E-state index >= 15 is 0 Å². The second-order valence-corrected chi connectivity index (χ2v) is 8.61. The molecule has 1 unspecified atom stereocenters. The first-order valence-electron chi connectivity index (χ1n) is 10.6. The summed E-state index contributed by atoms with van der Waals surface area (Å²) in [7, 11) is 1.77. The van der Waals surface area contributed by atoms with Gasteiger partial charge >= 0.3 is 6.36 Å². The third kappa shape index (κ3) is 7.61. The number of nitrogens with zero attached hydrogens (tertiary/aromatic N) is 2. The SMILES string of the molecule is C[C@H](NCC(O)N(C)c1cccnc1NCc1ccc(OC(F)(F)F)cc1)c1ccc(Br)cc1. The van der Waals surface area contributed by atoms with Gasteiger partial charge in [-0.1, -0.05) is 40.2 Å². The topological polar surface area (TPSA) is 69.7 Å². The van der Waals surface area contributed by atoms with Gasteiger partial charge in [-0.15, -0.1) is 13.2 Å². The van der Waals surface area contributed by atoms with Gasteiger partial charge in [0.1, 0.15) is 17.8 Å². The Bertz CT molecular complexity index is 1050. The zero-order valence-electron chi connectivity index (χ0n) is 18.7. The summed E-state index contributed by atoms with van der Waals surface area (Å²) in [6.07, 6.45) is -3.92. The monoisotopic (exact) mass is 538 g/mol. The van der Waals surface area contributed by atoms with Crippen LogP contribution in [0, 0.1) is 0 Å². The predicted octanol–water partition coefficient (Wildman–Crippen LogP) is 5.46. The fourth-order valence-corrected chi connectivity index (χ4v) is 3.53. The lowest BCUT2D eigenvalue weighted by atomic mass is 10.1. The van der Waals surface area contributed by atoms with Crippen LogP contribution in [0.25, 0.3) is 0 Å². The average molecular weight is 539 g/mol. The van der Waals surface area contributed by atoms with Crippen LogP contribution < -0.4 is 20.3 Å². The van der Waals surface area contributed by atoms with Crippen LogP contribution in [0.3, 0.4) is 0 Å². The molecule has 34 heavy (non-hydrogen) atoms. The molecule has 1 heterocycles. The normalized spacial score (nSPS) is 13.3. The molecular formula is C24H26BrF3N4O2. The molecule has 0 saturated heterocycles. The van der Waals surface area contributed by atoms with Crippen molar-refractivity contribution in [2.45, 2.75) is 32.1 Å². The number of aromatic nitrogens is 1. The largest absolute Gasteiger partial charge is 0.573 e. The molecule has 0 spiro atoms. The zero-order chi connectivity index (χ0) is 24.7. The number of hydrogen-bond donors (Lipinski definition) is 3. The highest BCUT2D eigenvalue weighted by Gasteiger charge is 2.30. The highest BCUT2D eigenvalue weighted by molar-refractivity contribution is 9.10. The predicted molar refractivity (Wildman–Crippen MR) is 130 cm³/mol. The first-order chi connectivity index (χ1) is 16.1. The molecule has 0 saturated carbocycles. The van der Waals surface area contributed by atoms with Gasteiger partial charge in [0.2, 0.25) is 0 Å². The Morgan fingerprint density at radius 1 is 1.09 bits per heavy atom. The second-order valence-electron chi connectivity index (χ2n) is 7.69. The number of ether oxygens (including phenoxy) is 1. The number of anilines is 2. The van der Waals surface area contributed by atoms with E-state index in [1.807, 2.05) is 37.3 Å². The van der Waals surface area contributed by atoms with Crippen LogP contribution in [-0.2, 0) is 6.54 Å². The third-order valence-electron chi connectivity index (χ3n) is 5.21. The Kier molecular flexibility index (Phi) is 8.76. The summed E-state index contributed by atoms with van der Waals surface area (Å²) in [4.78, 5) is 6.06. The van der Waals surface area contributed by atoms with Crippen molar-refractivity contribution in [1.82, 2.24) is 10.3 Å². The van der Waals surface area contributed by atoms with Crippen LogP contribution in [0.1, 0.15) is 24.1 Å². The van der Waals surface area contributed by atoms with Crippen LogP contribution in [-0.4, -0.2) is 36.3 Å². The van der Waals surface area contributed by atoms with E-state index in [9.17, 15) is 18.3 Å². The number of aliphatic hydroxyl groups is 1. The maximum Gasteiger partial charge on any atom is 0.573 e. The molecule has 0 aliphatic carbocycles. The fourth-order valence-electron chi connectivity index (χ4n) is 3.26. The summed E-state index contributed by atoms with van der Waals surface area (Å²) in [6, 6.07) is 17.2. The van der Waals surface area contributed by atoms with Crippen LogP contribution >= 0.6 is 15.9 Å². The minimum absolute atomic E-state index is 0.0481. The second kappa shape index (κ2) is 11.5. The highest BCUT2D eigenvalue weighted by Crippen LogP contribution is 2.26. The maximum absolute atomic E-state index is 12.3. The highest BCUT2D eigenvalue weighted by atomic mass is 79.9. The van der Waals surface area contributed by atoms with E-state index in [4.69, 9.17) is 0 Å². The summed E-state index contributed by atoms with van der Waals surface area (Å²) < 4.78 is 41.9. The van der Waals surface area contributed by atoms with E-state index in [-0.39, 0.29) is 11.8 Å². The molecule has 0 bridgehead atoms. The van der Waals surface area contributed by atoms with Crippen molar-refractivity contribution >= 4 is 27.4 Å². The van der Waals surface area contributed by atoms with Gasteiger partial charge in [-0.2, -0.15) is 0 Å². The van der Waals surface area contributed by atoms with Gasteiger partial charge in [0.05, 0.1) is 5.69 Å². The Morgan fingerprint density at radius 2 is 1.76 bits per heavy atom. The van der Waals surface area contributed by atoms with Crippen LogP contribution in [0.15, 0.2) is 71.3 Å². The standard InChI is InChI=1S/C24H26BrF3N4O2/c1-16(18-7-9-19(25)10-8-18)30-15-22(33)32(2)21-4-3-13-29-23(21)31-14-17-5-11-20(12-6-17)34-24(26,27)28/h3-13,16,22,30,33H,14-15H2,1-2H3,(H,29,31)/t16-,22?/m0/s1. The first kappa shape index (κ1) is 25.8. The van der Waals surface area contributed by atoms with Gasteiger partial charge in [0, 0.05) is 36.8 Å². The lowest BCUT2D eigenvalue weighted by molar-refractivity contribution is -0.274. The van der Waals surface area contributed by atoms with Crippen molar-refractivity contribution in [3.8, 4) is 5.75 Å². The number of likely N-dealkylation sites (N-methyl/N-ethyl adjacent to an activating group) is 1. The van der Waals surface area contributed by atoms with Crippen molar-refractivity contribution in [2.75, 3.05) is 23.8 Å². The quantitative estimate of drug-likeness (QED) is 0.298. The number of nitrogens with one attached hydrogen (secondary N) is 2. The molecule has 3 N–H and O–H groups in total. The van der Waals surface area contributed by atoms with Crippen molar-refractivity contribution in [3.05, 3.63) is 82.5 Å². The summed E-state index contributed by atoms with van der Waals surface area (Å²) in [5.74, 6) is 0.267. The molecule has 1 aromatic heterocycles. The number of benzene rings is 2.